The van der Waals surface area contributed by atoms with Crippen molar-refractivity contribution in [2.75, 3.05) is 11.9 Å². The van der Waals surface area contributed by atoms with Gasteiger partial charge in [0.05, 0.1) is 17.7 Å². The van der Waals surface area contributed by atoms with Gasteiger partial charge in [-0.05, 0) is 25.0 Å². The number of benzene rings is 1. The number of rotatable bonds is 5. The molecule has 0 saturated carbocycles. The first-order valence-electron chi connectivity index (χ1n) is 7.98. The molecule has 1 aromatic carbocycles. The molecule has 9 heteroatoms. The molecule has 0 radical (unpaired) electrons. The van der Waals surface area contributed by atoms with E-state index in [4.69, 9.17) is 5.11 Å². The standard InChI is InChI=1S/C17H16FN3O4S/c18-12-5-2-1-4-11(12)15(23)20-17-19-10(9-26-17)8-14(22)21-7-3-6-13(21)16(24)25/h1-2,4-5,9,13H,3,6-8H2,(H,24,25)(H,19,20,23). The molecule has 1 aliphatic rings. The Morgan fingerprint density at radius 1 is 1.35 bits per heavy atom. The summed E-state index contributed by atoms with van der Waals surface area (Å²) in [5.41, 5.74) is 0.335. The van der Waals surface area contributed by atoms with Gasteiger partial charge >= 0.3 is 5.97 Å². The maximum atomic E-state index is 13.6. The molecule has 1 fully saturated rings. The second-order valence-corrected chi connectivity index (χ2v) is 6.70. The number of aliphatic carboxylic acids is 1. The number of carboxylic acid groups (broad SMARTS) is 1. The number of nitrogens with one attached hydrogen (secondary N) is 1. The van der Waals surface area contributed by atoms with Crippen molar-refractivity contribution >= 4 is 34.3 Å². The van der Waals surface area contributed by atoms with Crippen LogP contribution < -0.4 is 5.32 Å². The van der Waals surface area contributed by atoms with E-state index in [2.05, 4.69) is 10.3 Å². The minimum atomic E-state index is -1.01. The number of nitrogens with zero attached hydrogens (tertiary/aromatic N) is 2. The quantitative estimate of drug-likeness (QED) is 0.832. The molecule has 136 valence electrons. The van der Waals surface area contributed by atoms with E-state index in [9.17, 15) is 18.8 Å². The summed E-state index contributed by atoms with van der Waals surface area (Å²) < 4.78 is 13.6. The van der Waals surface area contributed by atoms with E-state index in [0.29, 0.717) is 25.1 Å². The smallest absolute Gasteiger partial charge is 0.326 e. The minimum absolute atomic E-state index is 0.0458. The molecular formula is C17H16FN3O4S. The van der Waals surface area contributed by atoms with E-state index in [1.807, 2.05) is 0 Å². The number of carbonyl (C=O) groups excluding carboxylic acids is 2. The largest absolute Gasteiger partial charge is 0.480 e. The fourth-order valence-electron chi connectivity index (χ4n) is 2.83. The lowest BCUT2D eigenvalue weighted by Crippen LogP contribution is -2.41. The molecule has 7 nitrogen and oxygen atoms in total. The van der Waals surface area contributed by atoms with Gasteiger partial charge in [0.2, 0.25) is 5.91 Å². The first-order valence-corrected chi connectivity index (χ1v) is 8.86. The Kier molecular flexibility index (Phi) is 5.27. The number of halogens is 1. The average Bonchev–Trinajstić information content (AvgIpc) is 3.24. The van der Waals surface area contributed by atoms with Gasteiger partial charge in [0.25, 0.3) is 5.91 Å². The Labute approximate surface area is 152 Å². The summed E-state index contributed by atoms with van der Waals surface area (Å²) in [7, 11) is 0. The second kappa shape index (κ2) is 7.61. The molecule has 26 heavy (non-hydrogen) atoms. The molecule has 0 aliphatic carbocycles. The van der Waals surface area contributed by atoms with Crippen LogP contribution in [0.1, 0.15) is 28.9 Å². The molecule has 2 aromatic rings. The summed E-state index contributed by atoms with van der Waals surface area (Å²) in [6.07, 6.45) is 1.06. The fourth-order valence-corrected chi connectivity index (χ4v) is 3.54. The van der Waals surface area contributed by atoms with E-state index in [1.54, 1.807) is 11.4 Å². The number of aromatic nitrogens is 1. The molecule has 2 heterocycles. The second-order valence-electron chi connectivity index (χ2n) is 5.84. The normalized spacial score (nSPS) is 16.5. The number of hydrogen-bond donors (Lipinski definition) is 2. The van der Waals surface area contributed by atoms with Crippen LogP contribution in [0.3, 0.4) is 0 Å². The molecule has 1 saturated heterocycles. The highest BCUT2D eigenvalue weighted by Crippen LogP contribution is 2.21. The van der Waals surface area contributed by atoms with Crippen LogP contribution in [0.15, 0.2) is 29.6 Å². The van der Waals surface area contributed by atoms with Crippen molar-refractivity contribution in [2.45, 2.75) is 25.3 Å². The summed E-state index contributed by atoms with van der Waals surface area (Å²) >= 11 is 1.12. The van der Waals surface area contributed by atoms with Crippen LogP contribution in [-0.2, 0) is 16.0 Å². The summed E-state index contributed by atoms with van der Waals surface area (Å²) in [6.45, 7) is 0.414. The van der Waals surface area contributed by atoms with Crippen molar-refractivity contribution in [3.8, 4) is 0 Å². The Hall–Kier alpha value is -2.81. The van der Waals surface area contributed by atoms with E-state index >= 15 is 0 Å². The zero-order valence-corrected chi connectivity index (χ0v) is 14.5. The topological polar surface area (TPSA) is 99.6 Å². The predicted octanol–water partition coefficient (Wildman–Crippen LogP) is 2.15. The lowest BCUT2D eigenvalue weighted by atomic mass is 10.2. The summed E-state index contributed by atoms with van der Waals surface area (Å²) in [4.78, 5) is 41.1. The highest BCUT2D eigenvalue weighted by atomic mass is 32.1. The van der Waals surface area contributed by atoms with Gasteiger partial charge in [0.1, 0.15) is 11.9 Å². The molecule has 3 rings (SSSR count). The SMILES string of the molecule is O=C(Nc1nc(CC(=O)N2CCCC2C(=O)O)cs1)c1ccccc1F. The average molecular weight is 377 g/mol. The summed E-state index contributed by atoms with van der Waals surface area (Å²) in [5, 5.41) is 13.5. The van der Waals surface area contributed by atoms with Crippen LogP contribution >= 0.6 is 11.3 Å². The van der Waals surface area contributed by atoms with Crippen LogP contribution in [0.5, 0.6) is 0 Å². The van der Waals surface area contributed by atoms with Gasteiger partial charge in [-0.15, -0.1) is 11.3 Å². The highest BCUT2D eigenvalue weighted by molar-refractivity contribution is 7.14. The zero-order valence-electron chi connectivity index (χ0n) is 13.6. The summed E-state index contributed by atoms with van der Waals surface area (Å²) in [5.74, 6) is -2.58. The molecule has 1 unspecified atom stereocenters. The minimum Gasteiger partial charge on any atom is -0.480 e. The Morgan fingerprint density at radius 3 is 2.85 bits per heavy atom. The Bertz CT molecular complexity index is 854. The van der Waals surface area contributed by atoms with E-state index in [0.717, 1.165) is 11.3 Å². The number of carbonyl (C=O) groups is 3. The van der Waals surface area contributed by atoms with Gasteiger partial charge in [0.15, 0.2) is 5.13 Å². The first kappa shape index (κ1) is 18.0. The van der Waals surface area contributed by atoms with Gasteiger partial charge in [0, 0.05) is 11.9 Å². The predicted molar refractivity (Wildman–Crippen MR) is 92.5 cm³/mol. The number of likely N-dealkylation sites (tertiary alicyclic amines) is 1. The van der Waals surface area contributed by atoms with Crippen molar-refractivity contribution < 1.29 is 23.9 Å². The van der Waals surface area contributed by atoms with Gasteiger partial charge in [-0.1, -0.05) is 12.1 Å². The van der Waals surface area contributed by atoms with Crippen molar-refractivity contribution in [1.82, 2.24) is 9.88 Å². The molecule has 0 spiro atoms. The van der Waals surface area contributed by atoms with E-state index in [-0.39, 0.29) is 23.0 Å². The van der Waals surface area contributed by atoms with Crippen molar-refractivity contribution in [2.24, 2.45) is 0 Å². The van der Waals surface area contributed by atoms with Crippen molar-refractivity contribution in [1.29, 1.82) is 0 Å². The molecular weight excluding hydrogens is 361 g/mol. The third kappa shape index (κ3) is 3.88. The van der Waals surface area contributed by atoms with E-state index in [1.165, 1.54) is 23.1 Å². The number of amides is 2. The third-order valence-electron chi connectivity index (χ3n) is 4.08. The lowest BCUT2D eigenvalue weighted by Gasteiger charge is -2.20. The molecule has 2 amide bonds. The van der Waals surface area contributed by atoms with Crippen LogP contribution in [0.4, 0.5) is 9.52 Å². The van der Waals surface area contributed by atoms with Gasteiger partial charge in [-0.25, -0.2) is 14.2 Å². The molecule has 0 bridgehead atoms. The molecule has 1 atom stereocenters. The zero-order chi connectivity index (χ0) is 18.7. The van der Waals surface area contributed by atoms with Crippen LogP contribution in [-0.4, -0.2) is 45.4 Å². The molecule has 1 aromatic heterocycles. The Balaban J connectivity index is 1.63. The summed E-state index contributed by atoms with van der Waals surface area (Å²) in [6, 6.07) is 4.81. The maximum absolute atomic E-state index is 13.6. The monoisotopic (exact) mass is 377 g/mol. The number of hydrogen-bond acceptors (Lipinski definition) is 5. The van der Waals surface area contributed by atoms with Gasteiger partial charge < -0.3 is 10.0 Å². The Morgan fingerprint density at radius 2 is 2.12 bits per heavy atom. The molecule has 1 aliphatic heterocycles. The highest BCUT2D eigenvalue weighted by Gasteiger charge is 2.33. The van der Waals surface area contributed by atoms with Crippen LogP contribution in [0.25, 0.3) is 0 Å². The first-order chi connectivity index (χ1) is 12.5. The van der Waals surface area contributed by atoms with Crippen LogP contribution in [0, 0.1) is 5.82 Å². The van der Waals surface area contributed by atoms with E-state index < -0.39 is 23.7 Å². The number of carboxylic acids is 1. The third-order valence-corrected chi connectivity index (χ3v) is 4.89. The van der Waals surface area contributed by atoms with Crippen molar-refractivity contribution in [3.63, 3.8) is 0 Å². The van der Waals surface area contributed by atoms with Gasteiger partial charge in [-0.2, -0.15) is 0 Å². The number of anilines is 1. The number of thiazole rings is 1. The van der Waals surface area contributed by atoms with Crippen LogP contribution in [0.2, 0.25) is 0 Å². The maximum Gasteiger partial charge on any atom is 0.326 e. The lowest BCUT2D eigenvalue weighted by molar-refractivity contribution is -0.148. The molecule has 2 N–H and O–H groups in total. The van der Waals surface area contributed by atoms with Crippen molar-refractivity contribution in [3.05, 3.63) is 46.7 Å². The van der Waals surface area contributed by atoms with Gasteiger partial charge in [-0.3, -0.25) is 14.9 Å². The fraction of sp³-hybridized carbons (Fsp3) is 0.294.